The maximum atomic E-state index is 12.6. The van der Waals surface area contributed by atoms with E-state index in [9.17, 15) is 14.7 Å². The predicted octanol–water partition coefficient (Wildman–Crippen LogP) is 1.26. The Hall–Kier alpha value is -2.70. The van der Waals surface area contributed by atoms with E-state index in [4.69, 9.17) is 0 Å². The fourth-order valence-corrected chi connectivity index (χ4v) is 2.78. The number of aromatic nitrogens is 3. The van der Waals surface area contributed by atoms with Gasteiger partial charge in [-0.3, -0.25) is 9.59 Å². The molecular weight excluding hydrogens is 284 g/mol. The summed E-state index contributed by atoms with van der Waals surface area (Å²) in [5.74, 6) is -1.76. The van der Waals surface area contributed by atoms with Crippen LogP contribution in [0.1, 0.15) is 17.4 Å². The van der Waals surface area contributed by atoms with Crippen LogP contribution in [0.25, 0.3) is 11.3 Å². The first kappa shape index (κ1) is 14.2. The van der Waals surface area contributed by atoms with Gasteiger partial charge in [-0.05, 0) is 5.92 Å². The van der Waals surface area contributed by atoms with E-state index >= 15 is 0 Å². The molecule has 0 bridgehead atoms. The van der Waals surface area contributed by atoms with E-state index in [2.05, 4.69) is 15.4 Å². The molecule has 1 saturated heterocycles. The lowest BCUT2D eigenvalue weighted by Gasteiger charge is -2.14. The molecule has 0 radical (unpaired) electrons. The van der Waals surface area contributed by atoms with Gasteiger partial charge >= 0.3 is 5.97 Å². The Morgan fingerprint density at radius 2 is 1.95 bits per heavy atom. The van der Waals surface area contributed by atoms with Crippen LogP contribution >= 0.6 is 0 Å². The van der Waals surface area contributed by atoms with Crippen LogP contribution < -0.4 is 0 Å². The molecule has 1 aliphatic rings. The number of carboxylic acids is 1. The molecule has 2 heterocycles. The third kappa shape index (κ3) is 2.45. The number of carbonyl (C=O) groups is 2. The van der Waals surface area contributed by atoms with Crippen LogP contribution in [0.3, 0.4) is 0 Å². The molecule has 0 aliphatic carbocycles. The molecule has 2 N–H and O–H groups in total. The summed E-state index contributed by atoms with van der Waals surface area (Å²) in [6.45, 7) is 2.46. The van der Waals surface area contributed by atoms with Crippen molar-refractivity contribution in [1.82, 2.24) is 20.3 Å². The maximum absolute atomic E-state index is 12.6. The number of benzene rings is 1. The van der Waals surface area contributed by atoms with Crippen molar-refractivity contribution in [2.45, 2.75) is 6.92 Å². The summed E-state index contributed by atoms with van der Waals surface area (Å²) < 4.78 is 0. The number of H-pyrrole nitrogens is 1. The Balaban J connectivity index is 1.86. The molecule has 1 aliphatic heterocycles. The Kier molecular flexibility index (Phi) is 3.62. The second-order valence-corrected chi connectivity index (χ2v) is 5.52. The predicted molar refractivity (Wildman–Crippen MR) is 78.0 cm³/mol. The van der Waals surface area contributed by atoms with Crippen molar-refractivity contribution >= 4 is 11.9 Å². The fourth-order valence-electron chi connectivity index (χ4n) is 2.78. The van der Waals surface area contributed by atoms with Gasteiger partial charge in [0.05, 0.1) is 5.92 Å². The first-order valence-electron chi connectivity index (χ1n) is 7.06. The van der Waals surface area contributed by atoms with E-state index in [1.54, 1.807) is 0 Å². The summed E-state index contributed by atoms with van der Waals surface area (Å²) in [5.41, 5.74) is 1.50. The molecule has 7 heteroatoms. The summed E-state index contributed by atoms with van der Waals surface area (Å²) in [6.07, 6.45) is 0. The minimum absolute atomic E-state index is 0.0754. The zero-order chi connectivity index (χ0) is 15.7. The quantitative estimate of drug-likeness (QED) is 0.889. The van der Waals surface area contributed by atoms with Crippen LogP contribution in [0.2, 0.25) is 0 Å². The van der Waals surface area contributed by atoms with Gasteiger partial charge in [-0.1, -0.05) is 37.3 Å². The maximum Gasteiger partial charge on any atom is 0.308 e. The Labute approximate surface area is 126 Å². The molecule has 1 aromatic carbocycles. The smallest absolute Gasteiger partial charge is 0.308 e. The van der Waals surface area contributed by atoms with Gasteiger partial charge in [0, 0.05) is 18.7 Å². The number of rotatable bonds is 3. The number of hydrogen-bond donors (Lipinski definition) is 2. The molecule has 0 unspecified atom stereocenters. The zero-order valence-corrected chi connectivity index (χ0v) is 12.1. The molecule has 1 fully saturated rings. The topological polar surface area (TPSA) is 99.2 Å². The molecule has 2 aromatic rings. The van der Waals surface area contributed by atoms with E-state index in [-0.39, 0.29) is 24.1 Å². The Morgan fingerprint density at radius 1 is 1.23 bits per heavy atom. The highest BCUT2D eigenvalue weighted by Crippen LogP contribution is 2.26. The van der Waals surface area contributed by atoms with Crippen LogP contribution in [0.4, 0.5) is 0 Å². The third-order valence-electron chi connectivity index (χ3n) is 4.01. The van der Waals surface area contributed by atoms with E-state index in [0.29, 0.717) is 12.2 Å². The fraction of sp³-hybridized carbons (Fsp3) is 0.333. The van der Waals surface area contributed by atoms with Gasteiger partial charge in [-0.25, -0.2) is 0 Å². The lowest BCUT2D eigenvalue weighted by Crippen LogP contribution is -2.30. The van der Waals surface area contributed by atoms with Crippen LogP contribution in [0.15, 0.2) is 30.3 Å². The van der Waals surface area contributed by atoms with E-state index in [1.807, 2.05) is 37.3 Å². The van der Waals surface area contributed by atoms with Crippen LogP contribution in [-0.2, 0) is 4.79 Å². The number of nitrogens with one attached hydrogen (secondary N) is 1. The highest BCUT2D eigenvalue weighted by atomic mass is 16.4. The number of amides is 1. The standard InChI is InChI=1S/C15H16N4O3/c1-9-7-19(8-11(9)15(21)22)14(20)13-12(16-18-17-13)10-5-3-2-4-6-10/h2-6,9,11H,7-8H2,1H3,(H,21,22)(H,16,17,18)/t9-,11-/m1/s1. The van der Waals surface area contributed by atoms with E-state index in [1.165, 1.54) is 4.90 Å². The molecule has 0 saturated carbocycles. The lowest BCUT2D eigenvalue weighted by molar-refractivity contribution is -0.142. The van der Waals surface area contributed by atoms with Crippen LogP contribution in [0, 0.1) is 11.8 Å². The van der Waals surface area contributed by atoms with Crippen LogP contribution in [0.5, 0.6) is 0 Å². The van der Waals surface area contributed by atoms with Gasteiger partial charge in [-0.15, -0.1) is 0 Å². The highest BCUT2D eigenvalue weighted by molar-refractivity contribution is 5.98. The number of likely N-dealkylation sites (tertiary alicyclic amines) is 1. The largest absolute Gasteiger partial charge is 0.481 e. The normalized spacial score (nSPS) is 21.0. The second kappa shape index (κ2) is 5.59. The molecular formula is C15H16N4O3. The van der Waals surface area contributed by atoms with Crippen molar-refractivity contribution in [3.63, 3.8) is 0 Å². The zero-order valence-electron chi connectivity index (χ0n) is 12.1. The van der Waals surface area contributed by atoms with Crippen molar-refractivity contribution in [2.75, 3.05) is 13.1 Å². The van der Waals surface area contributed by atoms with Crippen molar-refractivity contribution in [3.05, 3.63) is 36.0 Å². The SMILES string of the molecule is C[C@@H]1CN(C(=O)c2n[nH]nc2-c2ccccc2)C[C@H]1C(=O)O. The minimum atomic E-state index is -0.869. The molecule has 114 valence electrons. The first-order valence-corrected chi connectivity index (χ1v) is 7.06. The molecule has 2 atom stereocenters. The summed E-state index contributed by atoms with van der Waals surface area (Å²) in [7, 11) is 0. The average molecular weight is 300 g/mol. The summed E-state index contributed by atoms with van der Waals surface area (Å²) in [6, 6.07) is 9.29. The van der Waals surface area contributed by atoms with Gasteiger partial charge in [0.25, 0.3) is 5.91 Å². The van der Waals surface area contributed by atoms with Gasteiger partial charge in [0.15, 0.2) is 5.69 Å². The van der Waals surface area contributed by atoms with Crippen LogP contribution in [-0.4, -0.2) is 50.4 Å². The number of carboxylic acid groups (broad SMARTS) is 1. The molecule has 0 spiro atoms. The number of nitrogens with zero attached hydrogens (tertiary/aromatic N) is 3. The summed E-state index contributed by atoms with van der Waals surface area (Å²) >= 11 is 0. The summed E-state index contributed by atoms with van der Waals surface area (Å²) in [5, 5.41) is 19.7. The molecule has 1 aromatic heterocycles. The highest BCUT2D eigenvalue weighted by Gasteiger charge is 2.38. The molecule has 22 heavy (non-hydrogen) atoms. The molecule has 1 amide bonds. The first-order chi connectivity index (χ1) is 10.6. The van der Waals surface area contributed by atoms with Crippen molar-refractivity contribution in [3.8, 4) is 11.3 Å². The minimum Gasteiger partial charge on any atom is -0.481 e. The molecule has 3 rings (SSSR count). The number of carbonyl (C=O) groups excluding carboxylic acids is 1. The summed E-state index contributed by atoms with van der Waals surface area (Å²) in [4.78, 5) is 25.3. The van der Waals surface area contributed by atoms with Crippen molar-refractivity contribution in [2.24, 2.45) is 11.8 Å². The second-order valence-electron chi connectivity index (χ2n) is 5.52. The van der Waals surface area contributed by atoms with Gasteiger partial charge in [0.2, 0.25) is 0 Å². The van der Waals surface area contributed by atoms with E-state index in [0.717, 1.165) is 5.56 Å². The Bertz CT molecular complexity index is 698. The number of hydrogen-bond acceptors (Lipinski definition) is 4. The van der Waals surface area contributed by atoms with E-state index < -0.39 is 11.9 Å². The van der Waals surface area contributed by atoms with Crippen molar-refractivity contribution < 1.29 is 14.7 Å². The number of aliphatic carboxylic acids is 1. The van der Waals surface area contributed by atoms with Gasteiger partial charge in [-0.2, -0.15) is 15.4 Å². The number of aromatic amines is 1. The lowest BCUT2D eigenvalue weighted by atomic mass is 9.99. The average Bonchev–Trinajstić information content (AvgIpc) is 3.14. The van der Waals surface area contributed by atoms with Gasteiger partial charge < -0.3 is 10.0 Å². The monoisotopic (exact) mass is 300 g/mol. The van der Waals surface area contributed by atoms with Crippen molar-refractivity contribution in [1.29, 1.82) is 0 Å². The molecule has 7 nitrogen and oxygen atoms in total. The van der Waals surface area contributed by atoms with Gasteiger partial charge in [0.1, 0.15) is 5.69 Å². The Morgan fingerprint density at radius 3 is 2.59 bits per heavy atom. The third-order valence-corrected chi connectivity index (χ3v) is 4.01.